The number of fused-ring (bicyclic) bond motifs is 3. The molecule has 0 fully saturated rings. The molecule has 0 spiro atoms. The second-order valence-electron chi connectivity index (χ2n) is 8.34. The molecule has 8 heteroatoms. The Labute approximate surface area is 210 Å². The van der Waals surface area contributed by atoms with Gasteiger partial charge < -0.3 is 14.2 Å². The van der Waals surface area contributed by atoms with Crippen molar-refractivity contribution in [2.24, 2.45) is 4.99 Å². The summed E-state index contributed by atoms with van der Waals surface area (Å²) in [5.74, 6) is 0.884. The highest BCUT2D eigenvalue weighted by atomic mass is 32.1. The largest absolute Gasteiger partial charge is 0.493 e. The number of ether oxygens (including phenoxy) is 3. The molecule has 0 saturated heterocycles. The fourth-order valence-electron chi connectivity index (χ4n) is 4.84. The molecule has 0 saturated carbocycles. The zero-order valence-corrected chi connectivity index (χ0v) is 22.1. The summed E-state index contributed by atoms with van der Waals surface area (Å²) in [4.78, 5) is 27.5. The van der Waals surface area contributed by atoms with Gasteiger partial charge in [-0.05, 0) is 56.6 Å². The summed E-state index contributed by atoms with van der Waals surface area (Å²) in [6, 6.07) is 5.72. The zero-order chi connectivity index (χ0) is 25.1. The van der Waals surface area contributed by atoms with Crippen LogP contribution in [0.25, 0.3) is 21.3 Å². The molecule has 7 nitrogen and oxygen atoms in total. The van der Waals surface area contributed by atoms with Gasteiger partial charge in [0.05, 0.1) is 43.0 Å². The quantitative estimate of drug-likeness (QED) is 0.363. The first-order valence-electron chi connectivity index (χ1n) is 12.1. The lowest BCUT2D eigenvalue weighted by molar-refractivity contribution is 0.0522. The van der Waals surface area contributed by atoms with Gasteiger partial charge in [0.15, 0.2) is 11.5 Å². The van der Waals surface area contributed by atoms with Crippen molar-refractivity contribution in [3.8, 4) is 22.6 Å². The van der Waals surface area contributed by atoms with Crippen molar-refractivity contribution in [3.63, 3.8) is 0 Å². The van der Waals surface area contributed by atoms with E-state index in [0.717, 1.165) is 58.0 Å². The summed E-state index contributed by atoms with van der Waals surface area (Å²) in [6.45, 7) is 10.9. The predicted molar refractivity (Wildman–Crippen MR) is 142 cm³/mol. The van der Waals surface area contributed by atoms with E-state index < -0.39 is 0 Å². The van der Waals surface area contributed by atoms with Crippen LogP contribution in [-0.2, 0) is 11.2 Å². The summed E-state index contributed by atoms with van der Waals surface area (Å²) in [6.07, 6.45) is 2.74. The molecular formula is C27H33N3O4S. The highest BCUT2D eigenvalue weighted by Gasteiger charge is 2.31. The van der Waals surface area contributed by atoms with Gasteiger partial charge in [-0.2, -0.15) is 0 Å². The highest BCUT2D eigenvalue weighted by Crippen LogP contribution is 2.44. The number of nitrogens with zero attached hydrogens (tertiary/aromatic N) is 3. The topological polar surface area (TPSA) is 73.2 Å². The van der Waals surface area contributed by atoms with Crippen LogP contribution in [0, 0.1) is 0 Å². The standard InChI is InChI=1S/C27H33N3O4S/c1-7-30(8-2)16(4)25-24(27(31)34-9-3)22(17-10-11-19(32-5)20(14-17)33-6)23-18-12-13-28-15-21(18)35-26(23)29-25/h10-11,14-16H,7-9,12-13H2,1-6H3. The van der Waals surface area contributed by atoms with Crippen LogP contribution in [0.15, 0.2) is 23.2 Å². The molecule has 1 aliphatic heterocycles. The number of rotatable bonds is 9. The maximum absolute atomic E-state index is 13.6. The molecule has 1 aromatic carbocycles. The Kier molecular flexibility index (Phi) is 7.72. The molecule has 35 heavy (non-hydrogen) atoms. The van der Waals surface area contributed by atoms with E-state index in [1.807, 2.05) is 31.3 Å². The van der Waals surface area contributed by atoms with Gasteiger partial charge >= 0.3 is 5.97 Å². The van der Waals surface area contributed by atoms with E-state index in [4.69, 9.17) is 19.2 Å². The monoisotopic (exact) mass is 495 g/mol. The number of carbonyl (C=O) groups excluding carboxylic acids is 1. The lowest BCUT2D eigenvalue weighted by Crippen LogP contribution is -2.29. The van der Waals surface area contributed by atoms with Crippen LogP contribution in [-0.4, -0.2) is 62.5 Å². The maximum Gasteiger partial charge on any atom is 0.340 e. The number of carbonyl (C=O) groups is 1. The van der Waals surface area contributed by atoms with Crippen molar-refractivity contribution in [2.75, 3.05) is 40.5 Å². The summed E-state index contributed by atoms with van der Waals surface area (Å²) >= 11 is 1.63. The number of pyridine rings is 1. The first-order valence-corrected chi connectivity index (χ1v) is 12.9. The number of aliphatic imine (C=N–C) groups is 1. The second-order valence-corrected chi connectivity index (χ2v) is 9.38. The van der Waals surface area contributed by atoms with Crippen molar-refractivity contribution >= 4 is 33.7 Å². The third kappa shape index (κ3) is 4.52. The Hall–Kier alpha value is -2.97. The first kappa shape index (κ1) is 25.1. The fourth-order valence-corrected chi connectivity index (χ4v) is 5.97. The van der Waals surface area contributed by atoms with Crippen LogP contribution in [0.4, 0.5) is 0 Å². The van der Waals surface area contributed by atoms with E-state index in [1.54, 1.807) is 25.6 Å². The average Bonchev–Trinajstić information content (AvgIpc) is 3.26. The fraction of sp³-hybridized carbons (Fsp3) is 0.444. The molecule has 0 bridgehead atoms. The van der Waals surface area contributed by atoms with Crippen molar-refractivity contribution < 1.29 is 19.0 Å². The Balaban J connectivity index is 2.13. The SMILES string of the molecule is CCOC(=O)c1c(C(C)N(CC)CC)nc2sc3c(c2c1-c1ccc(OC)c(OC)c1)CCN=C3. The second kappa shape index (κ2) is 10.7. The third-order valence-electron chi connectivity index (χ3n) is 6.60. The number of benzene rings is 1. The van der Waals surface area contributed by atoms with E-state index in [9.17, 15) is 4.79 Å². The lowest BCUT2D eigenvalue weighted by Gasteiger charge is -2.28. The number of esters is 1. The molecule has 0 N–H and O–H groups in total. The van der Waals surface area contributed by atoms with Gasteiger partial charge in [-0.15, -0.1) is 11.3 Å². The van der Waals surface area contributed by atoms with Gasteiger partial charge in [-0.3, -0.25) is 9.89 Å². The summed E-state index contributed by atoms with van der Waals surface area (Å²) in [5.41, 5.74) is 4.16. The molecule has 4 rings (SSSR count). The molecule has 3 heterocycles. The van der Waals surface area contributed by atoms with E-state index in [1.165, 1.54) is 5.56 Å². The molecule has 1 aliphatic rings. The van der Waals surface area contributed by atoms with Gasteiger partial charge in [-0.1, -0.05) is 19.9 Å². The molecule has 0 aliphatic carbocycles. The van der Waals surface area contributed by atoms with Crippen molar-refractivity contribution in [1.29, 1.82) is 0 Å². The zero-order valence-electron chi connectivity index (χ0n) is 21.3. The molecule has 2 aromatic heterocycles. The van der Waals surface area contributed by atoms with Crippen LogP contribution in [0.3, 0.4) is 0 Å². The minimum Gasteiger partial charge on any atom is -0.493 e. The van der Waals surface area contributed by atoms with Crippen LogP contribution < -0.4 is 9.47 Å². The molecule has 0 radical (unpaired) electrons. The minimum absolute atomic E-state index is 0.0690. The number of hydrogen-bond acceptors (Lipinski definition) is 8. The number of methoxy groups -OCH3 is 2. The smallest absolute Gasteiger partial charge is 0.340 e. The number of hydrogen-bond donors (Lipinski definition) is 0. The molecular weight excluding hydrogens is 462 g/mol. The van der Waals surface area contributed by atoms with Crippen LogP contribution in [0.5, 0.6) is 11.5 Å². The van der Waals surface area contributed by atoms with E-state index in [-0.39, 0.29) is 18.6 Å². The van der Waals surface area contributed by atoms with Crippen LogP contribution in [0.1, 0.15) is 60.2 Å². The van der Waals surface area contributed by atoms with E-state index in [2.05, 4.69) is 30.7 Å². The Morgan fingerprint density at radius 1 is 1.14 bits per heavy atom. The first-order chi connectivity index (χ1) is 17.0. The molecule has 186 valence electrons. The van der Waals surface area contributed by atoms with Crippen molar-refractivity contribution in [3.05, 3.63) is 39.9 Å². The van der Waals surface area contributed by atoms with E-state index >= 15 is 0 Å². The lowest BCUT2D eigenvalue weighted by atomic mass is 9.90. The predicted octanol–water partition coefficient (Wildman–Crippen LogP) is 5.54. The van der Waals surface area contributed by atoms with Crippen LogP contribution in [0.2, 0.25) is 0 Å². The Morgan fingerprint density at radius 2 is 1.89 bits per heavy atom. The van der Waals surface area contributed by atoms with Gasteiger partial charge in [0, 0.05) is 23.7 Å². The Morgan fingerprint density at radius 3 is 2.54 bits per heavy atom. The van der Waals surface area contributed by atoms with Gasteiger partial charge in [-0.25, -0.2) is 9.78 Å². The Bertz CT molecular complexity index is 1260. The molecule has 1 unspecified atom stereocenters. The summed E-state index contributed by atoms with van der Waals surface area (Å²) in [5, 5.41) is 1.00. The average molecular weight is 496 g/mol. The van der Waals surface area contributed by atoms with Crippen molar-refractivity contribution in [1.82, 2.24) is 9.88 Å². The van der Waals surface area contributed by atoms with E-state index in [0.29, 0.717) is 17.1 Å². The third-order valence-corrected chi connectivity index (χ3v) is 7.67. The highest BCUT2D eigenvalue weighted by molar-refractivity contribution is 7.20. The van der Waals surface area contributed by atoms with Gasteiger partial charge in [0.2, 0.25) is 0 Å². The van der Waals surface area contributed by atoms with Gasteiger partial charge in [0.1, 0.15) is 4.83 Å². The number of thiophene rings is 1. The number of aromatic nitrogens is 1. The molecule has 3 aromatic rings. The molecule has 0 amide bonds. The van der Waals surface area contributed by atoms with Crippen molar-refractivity contribution in [2.45, 2.75) is 40.2 Å². The van der Waals surface area contributed by atoms with Gasteiger partial charge in [0.25, 0.3) is 0 Å². The van der Waals surface area contributed by atoms with Crippen LogP contribution >= 0.6 is 11.3 Å². The minimum atomic E-state index is -0.356. The summed E-state index contributed by atoms with van der Waals surface area (Å²) in [7, 11) is 3.23. The normalized spacial score (nSPS) is 13.7. The summed E-state index contributed by atoms with van der Waals surface area (Å²) < 4.78 is 16.7. The maximum atomic E-state index is 13.6. The molecule has 1 atom stereocenters.